The zero-order valence-corrected chi connectivity index (χ0v) is 8.28. The molecule has 2 heteroatoms. The second kappa shape index (κ2) is 6.30. The first-order valence-corrected chi connectivity index (χ1v) is 5.59. The molecule has 12 heavy (non-hydrogen) atoms. The SMILES string of the molecule is [B]CCCCCCc1ccsc1. The van der Waals surface area contributed by atoms with E-state index < -0.39 is 0 Å². The van der Waals surface area contributed by atoms with Crippen molar-refractivity contribution < 1.29 is 0 Å². The van der Waals surface area contributed by atoms with Crippen LogP contribution < -0.4 is 0 Å². The standard InChI is InChI=1S/C10H15BS/c11-7-4-2-1-3-5-10-6-8-12-9-10/h6,8-9H,1-5,7H2. The van der Waals surface area contributed by atoms with Crippen molar-refractivity contribution in [2.24, 2.45) is 0 Å². The van der Waals surface area contributed by atoms with Crippen LogP contribution in [0.15, 0.2) is 16.8 Å². The molecule has 0 N–H and O–H groups in total. The average Bonchev–Trinajstić information content (AvgIpc) is 2.57. The van der Waals surface area contributed by atoms with Crippen molar-refractivity contribution in [1.29, 1.82) is 0 Å². The lowest BCUT2D eigenvalue weighted by Gasteiger charge is -1.97. The highest BCUT2D eigenvalue weighted by Gasteiger charge is 1.92. The summed E-state index contributed by atoms with van der Waals surface area (Å²) in [4.78, 5) is 0. The molecule has 0 amide bonds. The quantitative estimate of drug-likeness (QED) is 0.462. The molecule has 0 bridgehead atoms. The lowest BCUT2D eigenvalue weighted by atomic mass is 9.98. The van der Waals surface area contributed by atoms with Crippen molar-refractivity contribution in [2.45, 2.75) is 38.4 Å². The molecule has 0 nitrogen and oxygen atoms in total. The van der Waals surface area contributed by atoms with E-state index >= 15 is 0 Å². The van der Waals surface area contributed by atoms with Crippen molar-refractivity contribution >= 4 is 19.2 Å². The van der Waals surface area contributed by atoms with Gasteiger partial charge < -0.3 is 0 Å². The summed E-state index contributed by atoms with van der Waals surface area (Å²) in [6, 6.07) is 2.22. The third kappa shape index (κ3) is 3.96. The van der Waals surface area contributed by atoms with E-state index in [-0.39, 0.29) is 0 Å². The molecule has 0 aliphatic rings. The predicted octanol–water partition coefficient (Wildman–Crippen LogP) is 3.44. The fraction of sp³-hybridized carbons (Fsp3) is 0.600. The summed E-state index contributed by atoms with van der Waals surface area (Å²) in [5.74, 6) is 0. The van der Waals surface area contributed by atoms with Gasteiger partial charge in [0.25, 0.3) is 0 Å². The summed E-state index contributed by atoms with van der Waals surface area (Å²) in [6.45, 7) is 0. The molecule has 1 aromatic heterocycles. The molecule has 1 aromatic rings. The monoisotopic (exact) mass is 178 g/mol. The molecule has 0 unspecified atom stereocenters. The maximum Gasteiger partial charge on any atom is 0.0653 e. The molecule has 64 valence electrons. The Morgan fingerprint density at radius 1 is 1.17 bits per heavy atom. The number of rotatable bonds is 6. The van der Waals surface area contributed by atoms with E-state index in [0.29, 0.717) is 0 Å². The van der Waals surface area contributed by atoms with Crippen LogP contribution in [0.1, 0.15) is 31.2 Å². The minimum atomic E-state index is 0.846. The van der Waals surface area contributed by atoms with Gasteiger partial charge in [-0.15, -0.1) is 0 Å². The minimum absolute atomic E-state index is 0.846. The molecular weight excluding hydrogens is 163 g/mol. The van der Waals surface area contributed by atoms with E-state index in [1.807, 2.05) is 0 Å². The summed E-state index contributed by atoms with van der Waals surface area (Å²) < 4.78 is 0. The maximum absolute atomic E-state index is 5.41. The van der Waals surface area contributed by atoms with Gasteiger partial charge in [-0.05, 0) is 35.2 Å². The van der Waals surface area contributed by atoms with Crippen LogP contribution in [-0.2, 0) is 6.42 Å². The summed E-state index contributed by atoms with van der Waals surface area (Å²) in [7, 11) is 5.41. The van der Waals surface area contributed by atoms with Gasteiger partial charge >= 0.3 is 0 Å². The second-order valence-electron chi connectivity index (χ2n) is 3.08. The zero-order valence-electron chi connectivity index (χ0n) is 7.46. The maximum atomic E-state index is 5.41. The number of thiophene rings is 1. The highest BCUT2D eigenvalue weighted by Crippen LogP contribution is 2.11. The second-order valence-corrected chi connectivity index (χ2v) is 3.86. The minimum Gasteiger partial charge on any atom is -0.152 e. The Bertz CT molecular complexity index is 182. The van der Waals surface area contributed by atoms with Crippen LogP contribution in [0.3, 0.4) is 0 Å². The van der Waals surface area contributed by atoms with Crippen LogP contribution in [0.25, 0.3) is 0 Å². The van der Waals surface area contributed by atoms with Gasteiger partial charge in [0, 0.05) is 0 Å². The Morgan fingerprint density at radius 2 is 2.00 bits per heavy atom. The number of hydrogen-bond acceptors (Lipinski definition) is 1. The third-order valence-electron chi connectivity index (χ3n) is 2.00. The highest BCUT2D eigenvalue weighted by atomic mass is 32.1. The normalized spacial score (nSPS) is 10.3. The molecular formula is C10H15BS. The van der Waals surface area contributed by atoms with Crippen LogP contribution >= 0.6 is 11.3 Å². The molecule has 0 saturated carbocycles. The first kappa shape index (κ1) is 9.85. The zero-order chi connectivity index (χ0) is 8.65. The fourth-order valence-corrected chi connectivity index (χ4v) is 1.97. The predicted molar refractivity (Wildman–Crippen MR) is 57.1 cm³/mol. The van der Waals surface area contributed by atoms with Gasteiger partial charge in [0.15, 0.2) is 0 Å². The number of aryl methyl sites for hydroxylation is 1. The fourth-order valence-electron chi connectivity index (χ4n) is 1.26. The van der Waals surface area contributed by atoms with Gasteiger partial charge in [-0.2, -0.15) is 11.3 Å². The van der Waals surface area contributed by atoms with Gasteiger partial charge in [-0.25, -0.2) is 0 Å². The molecule has 0 aromatic carbocycles. The largest absolute Gasteiger partial charge is 0.152 e. The van der Waals surface area contributed by atoms with E-state index in [0.717, 1.165) is 6.32 Å². The number of hydrogen-bond donors (Lipinski definition) is 0. The lowest BCUT2D eigenvalue weighted by Crippen LogP contribution is -1.82. The summed E-state index contributed by atoms with van der Waals surface area (Å²) in [5, 5.41) is 4.39. The molecule has 0 aliphatic carbocycles. The van der Waals surface area contributed by atoms with E-state index in [2.05, 4.69) is 16.8 Å². The number of unbranched alkanes of at least 4 members (excludes halogenated alkanes) is 3. The lowest BCUT2D eigenvalue weighted by molar-refractivity contribution is 0.667. The summed E-state index contributed by atoms with van der Waals surface area (Å²) in [5.41, 5.74) is 1.49. The van der Waals surface area contributed by atoms with Crippen molar-refractivity contribution in [2.75, 3.05) is 0 Å². The smallest absolute Gasteiger partial charge is 0.0653 e. The Kier molecular flexibility index (Phi) is 5.17. The van der Waals surface area contributed by atoms with Gasteiger partial charge in [0.05, 0.1) is 7.85 Å². The van der Waals surface area contributed by atoms with E-state index in [9.17, 15) is 0 Å². The molecule has 0 spiro atoms. The summed E-state index contributed by atoms with van der Waals surface area (Å²) >= 11 is 1.79. The van der Waals surface area contributed by atoms with Gasteiger partial charge in [0.2, 0.25) is 0 Å². The van der Waals surface area contributed by atoms with Gasteiger partial charge in [-0.1, -0.05) is 25.6 Å². The Morgan fingerprint density at radius 3 is 2.67 bits per heavy atom. The van der Waals surface area contributed by atoms with E-state index in [1.165, 1.54) is 37.7 Å². The van der Waals surface area contributed by atoms with Crippen LogP contribution in [0.4, 0.5) is 0 Å². The van der Waals surface area contributed by atoms with Crippen molar-refractivity contribution in [1.82, 2.24) is 0 Å². The van der Waals surface area contributed by atoms with Crippen LogP contribution in [0.5, 0.6) is 0 Å². The third-order valence-corrected chi connectivity index (χ3v) is 2.73. The molecule has 0 atom stereocenters. The van der Waals surface area contributed by atoms with Crippen molar-refractivity contribution in [3.63, 3.8) is 0 Å². The molecule has 2 radical (unpaired) electrons. The van der Waals surface area contributed by atoms with Crippen molar-refractivity contribution in [3.05, 3.63) is 22.4 Å². The molecule has 0 fully saturated rings. The topological polar surface area (TPSA) is 0 Å². The van der Waals surface area contributed by atoms with Gasteiger partial charge in [0.1, 0.15) is 0 Å². The van der Waals surface area contributed by atoms with Gasteiger partial charge in [-0.3, -0.25) is 0 Å². The molecule has 1 heterocycles. The first-order chi connectivity index (χ1) is 5.93. The van der Waals surface area contributed by atoms with Crippen molar-refractivity contribution in [3.8, 4) is 0 Å². The Hall–Kier alpha value is -0.235. The van der Waals surface area contributed by atoms with Crippen LogP contribution in [0.2, 0.25) is 6.32 Å². The highest BCUT2D eigenvalue weighted by molar-refractivity contribution is 7.07. The summed E-state index contributed by atoms with van der Waals surface area (Å²) in [6.07, 6.45) is 7.21. The molecule has 0 aliphatic heterocycles. The molecule has 0 saturated heterocycles. The average molecular weight is 178 g/mol. The van der Waals surface area contributed by atoms with E-state index in [1.54, 1.807) is 11.3 Å². The Balaban J connectivity index is 1.96. The van der Waals surface area contributed by atoms with Crippen LogP contribution in [-0.4, -0.2) is 7.85 Å². The van der Waals surface area contributed by atoms with Crippen LogP contribution in [0, 0.1) is 0 Å². The Labute approximate surface area is 80.4 Å². The first-order valence-electron chi connectivity index (χ1n) is 4.64. The van der Waals surface area contributed by atoms with E-state index in [4.69, 9.17) is 7.85 Å². The molecule has 1 rings (SSSR count).